The number of pyridine rings is 2. The molecule has 0 bridgehead atoms. The van der Waals surface area contributed by atoms with Gasteiger partial charge in [0.05, 0.1) is 5.56 Å². The number of hydrogen-bond acceptors (Lipinski definition) is 4. The summed E-state index contributed by atoms with van der Waals surface area (Å²) in [7, 11) is 3.83. The fraction of sp³-hybridized carbons (Fsp3) is 0.261. The van der Waals surface area contributed by atoms with E-state index in [1.54, 1.807) is 6.20 Å². The van der Waals surface area contributed by atoms with E-state index in [9.17, 15) is 0 Å². The molecule has 2 N–H and O–H groups in total. The van der Waals surface area contributed by atoms with Crippen LogP contribution in [-0.4, -0.2) is 24.0 Å². The second-order valence-corrected chi connectivity index (χ2v) is 53.7. The van der Waals surface area contributed by atoms with Crippen LogP contribution in [0.25, 0.3) is 22.1 Å². The molecule has 0 aliphatic rings. The van der Waals surface area contributed by atoms with Crippen molar-refractivity contribution in [3.8, 4) is 6.07 Å². The van der Waals surface area contributed by atoms with Gasteiger partial charge in [-0.05, 0) is 37.1 Å². The van der Waals surface area contributed by atoms with Gasteiger partial charge in [-0.25, -0.2) is 9.97 Å². The maximum atomic E-state index is 8.85. The Labute approximate surface area is 304 Å². The molecule has 4 aromatic rings. The van der Waals surface area contributed by atoms with Gasteiger partial charge >= 0.3 is 64.9 Å². The summed E-state index contributed by atoms with van der Waals surface area (Å²) in [6.45, 7) is 3.98. The molecule has 4 rings (SSSR count). The second-order valence-electron chi connectivity index (χ2n) is 6.99. The van der Waals surface area contributed by atoms with Crippen LogP contribution in [0.5, 0.6) is 0 Å². The van der Waals surface area contributed by atoms with Crippen LogP contribution in [0.3, 0.4) is 0 Å². The summed E-state index contributed by atoms with van der Waals surface area (Å²) in [5.41, 5.74) is 11.2. The second kappa shape index (κ2) is 20.6. The van der Waals surface area contributed by atoms with E-state index < -0.39 is 0 Å². The number of rotatable bonds is 1. The summed E-state index contributed by atoms with van der Waals surface area (Å²) in [6.07, 6.45) is 7.37. The SMILES string of the molecule is C.Cc1cnc2c(c1)c(C#N)cn2C.Cc1cnc2c(c1)c(C(N)=S)cn2C.IC(I)I.[CH3-].[I][V]([I])[I]. The molecule has 0 atom stereocenters. The van der Waals surface area contributed by atoms with Crippen LogP contribution in [-0.2, 0) is 19.0 Å². The molecule has 0 saturated carbocycles. The monoisotopic (exact) mass is 1230 g/mol. The van der Waals surface area contributed by atoms with Crippen molar-refractivity contribution in [1.29, 1.82) is 5.26 Å². The Morgan fingerprint density at radius 3 is 1.76 bits per heavy atom. The summed E-state index contributed by atoms with van der Waals surface area (Å²) < 4.78 is 4.55. The number of nitrogens with two attached hydrogens (primary N) is 1. The summed E-state index contributed by atoms with van der Waals surface area (Å²) in [4.78, 5) is 8.73. The molecule has 37 heavy (non-hydrogen) atoms. The van der Waals surface area contributed by atoms with Gasteiger partial charge in [-0.3, -0.25) is 0 Å². The first-order chi connectivity index (χ1) is 16.3. The van der Waals surface area contributed by atoms with Crippen LogP contribution in [0.2, 0.25) is 0 Å². The normalized spacial score (nSPS) is 9.59. The molecule has 0 unspecified atom stereocenters. The van der Waals surface area contributed by atoms with Crippen molar-refractivity contribution in [2.24, 2.45) is 19.8 Å². The van der Waals surface area contributed by atoms with Crippen LogP contribution >= 0.6 is 140 Å². The van der Waals surface area contributed by atoms with Crippen molar-refractivity contribution >= 4 is 167 Å². The van der Waals surface area contributed by atoms with Gasteiger partial charge in [-0.1, -0.05) is 87.4 Å². The Balaban J connectivity index is 0. The Hall–Kier alpha value is 1.72. The van der Waals surface area contributed by atoms with Crippen LogP contribution in [0.4, 0.5) is 0 Å². The minimum atomic E-state index is -0.278. The number of fused-ring (bicyclic) bond motifs is 2. The van der Waals surface area contributed by atoms with Gasteiger partial charge in [-0.15, -0.1) is 0 Å². The van der Waals surface area contributed by atoms with Crippen molar-refractivity contribution < 1.29 is 4.92 Å². The third-order valence-corrected chi connectivity index (χ3v) is 4.51. The van der Waals surface area contributed by atoms with Crippen LogP contribution < -0.4 is 5.73 Å². The predicted octanol–water partition coefficient (Wildman–Crippen LogP) is 9.59. The molecular formula is C23H28I6N6SV-. The molecule has 204 valence electrons. The molecule has 0 aliphatic heterocycles. The van der Waals surface area contributed by atoms with E-state index >= 15 is 0 Å². The summed E-state index contributed by atoms with van der Waals surface area (Å²) in [6, 6.07) is 6.20. The van der Waals surface area contributed by atoms with Crippen molar-refractivity contribution in [1.82, 2.24) is 19.1 Å². The summed E-state index contributed by atoms with van der Waals surface area (Å²) >= 11 is 19.3. The number of thiocarbonyl (C=S) groups is 1. The minimum absolute atomic E-state index is 0. The van der Waals surface area contributed by atoms with Gasteiger partial charge in [0.1, 0.15) is 22.3 Å². The number of nitriles is 1. The Kier molecular flexibility index (Phi) is 22.7. The Bertz CT molecular complexity index is 1320. The fourth-order valence-electron chi connectivity index (χ4n) is 3.02. The Morgan fingerprint density at radius 1 is 0.973 bits per heavy atom. The molecule has 0 saturated heterocycles. The molecule has 4 heterocycles. The van der Waals surface area contributed by atoms with Gasteiger partial charge in [-0.2, -0.15) is 5.26 Å². The van der Waals surface area contributed by atoms with E-state index in [2.05, 4.69) is 150 Å². The number of aromatic nitrogens is 4. The third kappa shape index (κ3) is 14.4. The molecule has 0 amide bonds. The quantitative estimate of drug-likeness (QED) is 0.0889. The average molecular weight is 1230 g/mol. The fourth-order valence-corrected chi connectivity index (χ4v) is 3.18. The van der Waals surface area contributed by atoms with E-state index in [0.717, 1.165) is 38.7 Å². The number of aryl methyl sites for hydroxylation is 4. The van der Waals surface area contributed by atoms with Gasteiger partial charge in [0.2, 0.25) is 0 Å². The van der Waals surface area contributed by atoms with Crippen molar-refractivity contribution in [3.05, 3.63) is 66.6 Å². The van der Waals surface area contributed by atoms with Gasteiger partial charge in [0.15, 0.2) is 0 Å². The molecule has 4 aromatic heterocycles. The zero-order valence-electron chi connectivity index (χ0n) is 20.0. The van der Waals surface area contributed by atoms with Crippen LogP contribution in [0.15, 0.2) is 36.9 Å². The van der Waals surface area contributed by atoms with E-state index in [1.165, 1.54) is 0 Å². The molecule has 0 spiro atoms. The van der Waals surface area contributed by atoms with Crippen molar-refractivity contribution in [2.45, 2.75) is 21.2 Å². The molecule has 0 fully saturated rings. The summed E-state index contributed by atoms with van der Waals surface area (Å²) in [5.74, 6) is 0. The molecule has 14 heteroatoms. The van der Waals surface area contributed by atoms with Crippen LogP contribution in [0, 0.1) is 32.6 Å². The third-order valence-electron chi connectivity index (χ3n) is 4.29. The number of halogens is 6. The van der Waals surface area contributed by atoms with Gasteiger partial charge in [0.25, 0.3) is 0 Å². The van der Waals surface area contributed by atoms with Crippen LogP contribution in [0.1, 0.15) is 29.7 Å². The molecular weight excluding hydrogens is 1200 g/mol. The maximum absolute atomic E-state index is 8.85. The average Bonchev–Trinajstić information content (AvgIpc) is 3.23. The molecule has 0 radical (unpaired) electrons. The van der Waals surface area contributed by atoms with E-state index in [4.69, 9.17) is 23.2 Å². The molecule has 0 aliphatic carbocycles. The standard InChI is InChI=1S/C10H11N3S.C10H9N3.CHI3.CH4.CH3.3HI.V/c1-6-3-7-8(9(11)14)5-13(2)10(7)12-4-6;1-7-3-9-8(4-11)6-13(2)10(9)12-5-7;2-1(3)4;;;;;;/h3-5H,1-2H3,(H2,11,14);3,5-6H,1-2H3;1H;1H4;1H3;3*1H;/q;;;;-1;;;;+3/p-3. The molecule has 0 aromatic carbocycles. The van der Waals surface area contributed by atoms with Gasteiger partial charge in [0, 0.05) is 55.2 Å². The van der Waals surface area contributed by atoms with E-state index in [1.807, 2.05) is 61.7 Å². The van der Waals surface area contributed by atoms with E-state index in [0.29, 0.717) is 10.6 Å². The number of hydrogen-bond donors (Lipinski definition) is 1. The first-order valence-corrected chi connectivity index (χ1v) is 27.2. The van der Waals surface area contributed by atoms with Gasteiger partial charge < -0.3 is 22.3 Å². The first-order valence-electron chi connectivity index (χ1n) is 9.51. The topological polar surface area (TPSA) is 85.4 Å². The number of nitrogens with zero attached hydrogens (tertiary/aromatic N) is 5. The Morgan fingerprint density at radius 2 is 1.35 bits per heavy atom. The number of alkyl halides is 3. The van der Waals surface area contributed by atoms with E-state index in [-0.39, 0.29) is 19.8 Å². The molecule has 6 nitrogen and oxygen atoms in total. The first kappa shape index (κ1) is 40.9. The van der Waals surface area contributed by atoms with Crippen molar-refractivity contribution in [2.75, 3.05) is 0 Å². The predicted molar refractivity (Wildman–Crippen MR) is 213 cm³/mol. The summed E-state index contributed by atoms with van der Waals surface area (Å²) in [5, 5.41) is 10.8. The van der Waals surface area contributed by atoms with Crippen molar-refractivity contribution in [3.63, 3.8) is 0 Å². The zero-order valence-corrected chi connectivity index (χ0v) is 35.1. The zero-order chi connectivity index (χ0) is 26.9.